The van der Waals surface area contributed by atoms with E-state index in [1.807, 2.05) is 0 Å². The first-order chi connectivity index (χ1) is 15.9. The van der Waals surface area contributed by atoms with Crippen LogP contribution >= 0.6 is 0 Å². The van der Waals surface area contributed by atoms with Crippen molar-refractivity contribution < 1.29 is 13.9 Å². The normalized spacial score (nSPS) is 24.9. The average molecular weight is 511 g/mol. The summed E-state index contributed by atoms with van der Waals surface area (Å²) < 4.78 is 18.4. The summed E-state index contributed by atoms with van der Waals surface area (Å²) in [5.74, 6) is 2.12. The van der Waals surface area contributed by atoms with E-state index >= 15 is 0 Å². The van der Waals surface area contributed by atoms with Gasteiger partial charge in [0.05, 0.1) is 7.59 Å². The van der Waals surface area contributed by atoms with Crippen molar-refractivity contribution in [3.8, 4) is 11.5 Å². The maximum atomic E-state index is 6.89. The van der Waals surface area contributed by atoms with Crippen molar-refractivity contribution in [2.45, 2.75) is 70.1 Å². The summed E-state index contributed by atoms with van der Waals surface area (Å²) in [6, 6.07) is 19.4. The van der Waals surface area contributed by atoms with E-state index in [0.29, 0.717) is 18.3 Å². The topological polar surface area (TPSA) is 27.7 Å². The largest absolute Gasteiger partial charge is 0.454 e. The highest BCUT2D eigenvalue weighted by Gasteiger charge is 2.56. The van der Waals surface area contributed by atoms with E-state index in [9.17, 15) is 0 Å². The Kier molecular flexibility index (Phi) is 6.83. The summed E-state index contributed by atoms with van der Waals surface area (Å²) in [5, 5.41) is 1.80. The van der Waals surface area contributed by atoms with Crippen molar-refractivity contribution in [2.24, 2.45) is 5.92 Å². The molecular formula is C28H42O3Si3. The molecule has 0 saturated carbocycles. The molecule has 0 N–H and O–H groups in total. The molecule has 2 aliphatic rings. The molecule has 6 heteroatoms. The monoisotopic (exact) mass is 510 g/mol. The lowest BCUT2D eigenvalue weighted by Gasteiger charge is -2.52. The zero-order valence-electron chi connectivity index (χ0n) is 22.3. The second-order valence-electron chi connectivity index (χ2n) is 12.5. The van der Waals surface area contributed by atoms with Gasteiger partial charge in [-0.3, -0.25) is 0 Å². The van der Waals surface area contributed by atoms with Crippen LogP contribution in [0.15, 0.2) is 60.7 Å². The van der Waals surface area contributed by atoms with Crippen molar-refractivity contribution in [3.63, 3.8) is 0 Å². The third-order valence-corrected chi connectivity index (χ3v) is 30.3. The van der Waals surface area contributed by atoms with Gasteiger partial charge in [-0.2, -0.15) is 0 Å². The summed E-state index contributed by atoms with van der Waals surface area (Å²) in [4.78, 5) is 0. The standard InChI is InChI=1S/C28H42O3Si3/c1-28(2,3)33(7,8)31-20-23-13-12-18-34(32(4,5)6,24-14-10-9-11-15-24)27(23)22-16-17-25-26(19-22)30-21-29-25/h9-17,19,23,27H,18,20-21H2,1-8H3/t23-,27-,34-/m1/s1. The van der Waals surface area contributed by atoms with Gasteiger partial charge >= 0.3 is 0 Å². The van der Waals surface area contributed by atoms with Crippen molar-refractivity contribution in [2.75, 3.05) is 13.4 Å². The molecule has 0 amide bonds. The van der Waals surface area contributed by atoms with Crippen molar-refractivity contribution >= 4 is 28.7 Å². The molecule has 0 unspecified atom stereocenters. The molecular weight excluding hydrogens is 469 g/mol. The van der Waals surface area contributed by atoms with Gasteiger partial charge in [0.2, 0.25) is 6.79 Å². The highest BCUT2D eigenvalue weighted by Crippen LogP contribution is 2.48. The Morgan fingerprint density at radius 2 is 1.62 bits per heavy atom. The number of allylic oxidation sites excluding steroid dienone is 1. The second-order valence-corrected chi connectivity index (χ2v) is 32.6. The van der Waals surface area contributed by atoms with Crippen LogP contribution in [0.2, 0.25) is 43.8 Å². The molecule has 34 heavy (non-hydrogen) atoms. The van der Waals surface area contributed by atoms with Crippen molar-refractivity contribution in [1.29, 1.82) is 0 Å². The van der Waals surface area contributed by atoms with E-state index in [1.165, 1.54) is 11.6 Å². The minimum atomic E-state index is -1.98. The minimum absolute atomic E-state index is 0.201. The fourth-order valence-corrected chi connectivity index (χ4v) is 22.1. The van der Waals surface area contributed by atoms with Crippen LogP contribution in [0.3, 0.4) is 0 Å². The molecule has 0 saturated heterocycles. The Morgan fingerprint density at radius 1 is 0.941 bits per heavy atom. The number of rotatable bonds is 6. The van der Waals surface area contributed by atoms with Crippen LogP contribution in [0, 0.1) is 5.92 Å². The Morgan fingerprint density at radius 3 is 2.26 bits per heavy atom. The van der Waals surface area contributed by atoms with E-state index in [-0.39, 0.29) is 5.04 Å². The predicted molar refractivity (Wildman–Crippen MR) is 151 cm³/mol. The van der Waals surface area contributed by atoms with Crippen LogP contribution < -0.4 is 14.7 Å². The van der Waals surface area contributed by atoms with Gasteiger partial charge in [-0.15, -0.1) is 0 Å². The minimum Gasteiger partial charge on any atom is -0.454 e. The number of fused-ring (bicyclic) bond motifs is 1. The fraction of sp³-hybridized carbons (Fsp3) is 0.500. The molecule has 0 fully saturated rings. The maximum absolute atomic E-state index is 6.89. The highest BCUT2D eigenvalue weighted by molar-refractivity contribution is 7.46. The molecule has 4 rings (SSSR count). The maximum Gasteiger partial charge on any atom is 0.231 e. The van der Waals surface area contributed by atoms with E-state index in [0.717, 1.165) is 18.1 Å². The van der Waals surface area contributed by atoms with Gasteiger partial charge < -0.3 is 13.9 Å². The molecule has 0 radical (unpaired) electrons. The third kappa shape index (κ3) is 4.50. The van der Waals surface area contributed by atoms with Gasteiger partial charge in [-0.1, -0.05) is 94.1 Å². The van der Waals surface area contributed by atoms with Crippen LogP contribution in [-0.2, 0) is 4.43 Å². The van der Waals surface area contributed by atoms with E-state index in [2.05, 4.69) is 114 Å². The molecule has 3 atom stereocenters. The molecule has 2 aromatic rings. The molecule has 2 aromatic carbocycles. The van der Waals surface area contributed by atoms with Crippen LogP contribution in [0.25, 0.3) is 0 Å². The molecule has 0 aromatic heterocycles. The summed E-state index contributed by atoms with van der Waals surface area (Å²) in [7, 11) is -5.44. The SMILES string of the molecule is CC(C)(C)[Si](C)(C)OC[C@H]1C=CC[Si@](c2ccccc2)([Si](C)(C)C)[C@@H]1c1ccc2c(c1)OCO2. The lowest BCUT2D eigenvalue weighted by molar-refractivity contribution is 0.174. The van der Waals surface area contributed by atoms with Crippen molar-refractivity contribution in [1.82, 2.24) is 0 Å². The summed E-state index contributed by atoms with van der Waals surface area (Å²) in [5.41, 5.74) is 1.85. The number of benzene rings is 2. The zero-order valence-corrected chi connectivity index (χ0v) is 25.3. The van der Waals surface area contributed by atoms with E-state index in [4.69, 9.17) is 13.9 Å². The number of ether oxygens (including phenoxy) is 2. The van der Waals surface area contributed by atoms with Crippen LogP contribution in [0.4, 0.5) is 0 Å². The number of hydrogen-bond donors (Lipinski definition) is 0. The predicted octanol–water partition coefficient (Wildman–Crippen LogP) is 7.02. The van der Waals surface area contributed by atoms with Crippen LogP contribution in [0.5, 0.6) is 11.5 Å². The molecule has 2 aliphatic heterocycles. The molecule has 0 aliphatic carbocycles. The Bertz CT molecular complexity index is 1040. The quantitative estimate of drug-likeness (QED) is 0.309. The highest BCUT2D eigenvalue weighted by atomic mass is 29.3. The van der Waals surface area contributed by atoms with Gasteiger partial charge in [0, 0.05) is 20.1 Å². The third-order valence-electron chi connectivity index (χ3n) is 8.61. The molecule has 3 nitrogen and oxygen atoms in total. The molecule has 0 spiro atoms. The lowest BCUT2D eigenvalue weighted by Crippen LogP contribution is -2.71. The molecule has 0 bridgehead atoms. The van der Waals surface area contributed by atoms with Gasteiger partial charge in [0.1, 0.15) is 0 Å². The Balaban J connectivity index is 1.85. The molecule has 184 valence electrons. The summed E-state index contributed by atoms with van der Waals surface area (Å²) in [6.45, 7) is 20.6. The Hall–Kier alpha value is -1.61. The first-order valence-electron chi connectivity index (χ1n) is 12.6. The molecule has 2 heterocycles. The van der Waals surface area contributed by atoms with Crippen molar-refractivity contribution in [3.05, 3.63) is 66.2 Å². The van der Waals surface area contributed by atoms with E-state index in [1.54, 1.807) is 5.19 Å². The first kappa shape index (κ1) is 25.5. The fourth-order valence-electron chi connectivity index (χ4n) is 5.58. The summed E-state index contributed by atoms with van der Waals surface area (Å²) in [6.07, 6.45) is 4.97. The Labute approximate surface area is 209 Å². The van der Waals surface area contributed by atoms with Gasteiger partial charge in [0.15, 0.2) is 19.8 Å². The van der Waals surface area contributed by atoms with Gasteiger partial charge in [0.25, 0.3) is 0 Å². The summed E-state index contributed by atoms with van der Waals surface area (Å²) >= 11 is 0. The number of hydrogen-bond acceptors (Lipinski definition) is 3. The van der Waals surface area contributed by atoms with E-state index < -0.39 is 23.5 Å². The first-order valence-corrected chi connectivity index (χ1v) is 22.3. The average Bonchev–Trinajstić information content (AvgIpc) is 3.24. The lowest BCUT2D eigenvalue weighted by atomic mass is 9.97. The van der Waals surface area contributed by atoms with Crippen LogP contribution in [-0.4, -0.2) is 36.9 Å². The zero-order chi connectivity index (χ0) is 24.8. The van der Waals surface area contributed by atoms with Gasteiger partial charge in [-0.05, 0) is 47.4 Å². The second kappa shape index (κ2) is 9.12. The van der Waals surface area contributed by atoms with Crippen LogP contribution in [0.1, 0.15) is 31.9 Å². The van der Waals surface area contributed by atoms with Gasteiger partial charge in [-0.25, -0.2) is 0 Å². The smallest absolute Gasteiger partial charge is 0.231 e.